The lowest BCUT2D eigenvalue weighted by atomic mass is 10.0. The minimum Gasteiger partial charge on any atom is -0.347 e. The number of nitrogens with zero attached hydrogens (tertiary/aromatic N) is 1. The molecule has 1 spiro atoms. The van der Waals surface area contributed by atoms with Crippen LogP contribution in [0.3, 0.4) is 0 Å². The monoisotopic (exact) mass is 197 g/mol. The highest BCUT2D eigenvalue weighted by Crippen LogP contribution is 2.36. The Bertz CT molecular complexity index is 197. The van der Waals surface area contributed by atoms with Crippen LogP contribution >= 0.6 is 0 Å². The molecule has 0 amide bonds. The number of fused-ring (bicyclic) bond motifs is 1. The molecule has 3 fully saturated rings. The Morgan fingerprint density at radius 3 is 2.71 bits per heavy atom. The fraction of sp³-hybridized carbons (Fsp3) is 1.00. The Morgan fingerprint density at radius 2 is 1.86 bits per heavy atom. The van der Waals surface area contributed by atoms with Gasteiger partial charge in [-0.1, -0.05) is 0 Å². The fourth-order valence-electron chi connectivity index (χ4n) is 3.13. The van der Waals surface area contributed by atoms with Crippen LogP contribution in [0.4, 0.5) is 0 Å². The Balaban J connectivity index is 1.70. The molecular weight excluding hydrogens is 178 g/mol. The van der Waals surface area contributed by atoms with Gasteiger partial charge < -0.3 is 14.4 Å². The molecule has 1 atom stereocenters. The van der Waals surface area contributed by atoms with E-state index in [-0.39, 0.29) is 5.79 Å². The molecule has 0 aromatic heterocycles. The first-order valence-electron chi connectivity index (χ1n) is 5.90. The fourth-order valence-corrected chi connectivity index (χ4v) is 3.13. The van der Waals surface area contributed by atoms with Crippen LogP contribution in [0.25, 0.3) is 0 Å². The van der Waals surface area contributed by atoms with Gasteiger partial charge in [-0.15, -0.1) is 0 Å². The van der Waals surface area contributed by atoms with Gasteiger partial charge in [0.1, 0.15) is 0 Å². The predicted octanol–water partition coefficient (Wildman–Crippen LogP) is 1.38. The molecule has 3 heterocycles. The van der Waals surface area contributed by atoms with Crippen LogP contribution in [0, 0.1) is 0 Å². The summed E-state index contributed by atoms with van der Waals surface area (Å²) in [6.07, 6.45) is 6.22. The smallest absolute Gasteiger partial charge is 0.169 e. The third-order valence-corrected chi connectivity index (χ3v) is 3.95. The van der Waals surface area contributed by atoms with Crippen molar-refractivity contribution in [2.75, 3.05) is 26.3 Å². The van der Waals surface area contributed by atoms with Crippen molar-refractivity contribution in [3.05, 3.63) is 0 Å². The van der Waals surface area contributed by atoms with E-state index in [9.17, 15) is 0 Å². The van der Waals surface area contributed by atoms with Crippen LogP contribution in [0.5, 0.6) is 0 Å². The molecule has 0 aliphatic carbocycles. The third-order valence-electron chi connectivity index (χ3n) is 3.95. The standard InChI is InChI=1S/C11H19NO2/c1-2-10-3-4-11(13-8-9-14-11)5-7-12(10)6-1/h10H,1-9H2. The minimum atomic E-state index is -0.190. The van der Waals surface area contributed by atoms with Crippen LogP contribution in [0.2, 0.25) is 0 Å². The van der Waals surface area contributed by atoms with Gasteiger partial charge in [0.25, 0.3) is 0 Å². The SMILES string of the molecule is C1CC2CCC3(CCN2C1)OCCO3. The molecule has 3 heteroatoms. The van der Waals surface area contributed by atoms with Crippen LogP contribution < -0.4 is 0 Å². The maximum Gasteiger partial charge on any atom is 0.169 e. The molecule has 0 aromatic rings. The Hall–Kier alpha value is -0.120. The molecule has 1 unspecified atom stereocenters. The van der Waals surface area contributed by atoms with Crippen LogP contribution in [0.15, 0.2) is 0 Å². The molecule has 14 heavy (non-hydrogen) atoms. The average molecular weight is 197 g/mol. The molecule has 3 aliphatic rings. The molecule has 0 aromatic carbocycles. The van der Waals surface area contributed by atoms with Crippen molar-refractivity contribution in [1.82, 2.24) is 4.90 Å². The molecule has 0 saturated carbocycles. The van der Waals surface area contributed by atoms with Crippen LogP contribution in [0.1, 0.15) is 32.1 Å². The number of rotatable bonds is 0. The zero-order chi connectivity index (χ0) is 9.43. The maximum absolute atomic E-state index is 5.78. The first kappa shape index (κ1) is 9.13. The summed E-state index contributed by atoms with van der Waals surface area (Å²) in [4.78, 5) is 2.62. The summed E-state index contributed by atoms with van der Waals surface area (Å²) in [5.41, 5.74) is 0. The topological polar surface area (TPSA) is 21.7 Å². The summed E-state index contributed by atoms with van der Waals surface area (Å²) in [5.74, 6) is -0.190. The average Bonchev–Trinajstić information content (AvgIpc) is 2.77. The number of hydrogen-bond acceptors (Lipinski definition) is 3. The predicted molar refractivity (Wildman–Crippen MR) is 53.1 cm³/mol. The maximum atomic E-state index is 5.78. The van der Waals surface area contributed by atoms with Gasteiger partial charge >= 0.3 is 0 Å². The second-order valence-electron chi connectivity index (χ2n) is 4.73. The summed E-state index contributed by atoms with van der Waals surface area (Å²) < 4.78 is 11.6. The summed E-state index contributed by atoms with van der Waals surface area (Å²) in [5, 5.41) is 0. The lowest BCUT2D eigenvalue weighted by Gasteiger charge is -2.25. The van der Waals surface area contributed by atoms with E-state index in [1.807, 2.05) is 0 Å². The molecule has 0 bridgehead atoms. The molecular formula is C11H19NO2. The van der Waals surface area contributed by atoms with Gasteiger partial charge in [0, 0.05) is 25.4 Å². The van der Waals surface area contributed by atoms with Crippen molar-refractivity contribution < 1.29 is 9.47 Å². The van der Waals surface area contributed by atoms with Gasteiger partial charge in [0.15, 0.2) is 5.79 Å². The van der Waals surface area contributed by atoms with Gasteiger partial charge in [0.2, 0.25) is 0 Å². The molecule has 0 N–H and O–H groups in total. The van der Waals surface area contributed by atoms with Crippen molar-refractivity contribution in [2.45, 2.75) is 43.9 Å². The molecule has 3 rings (SSSR count). The second-order valence-corrected chi connectivity index (χ2v) is 4.73. The van der Waals surface area contributed by atoms with E-state index in [1.54, 1.807) is 0 Å². The normalized spacial score (nSPS) is 37.3. The van der Waals surface area contributed by atoms with E-state index in [0.29, 0.717) is 0 Å². The first-order chi connectivity index (χ1) is 6.88. The van der Waals surface area contributed by atoms with E-state index >= 15 is 0 Å². The third kappa shape index (κ3) is 1.47. The minimum absolute atomic E-state index is 0.190. The second kappa shape index (κ2) is 3.47. The van der Waals surface area contributed by atoms with Gasteiger partial charge in [-0.3, -0.25) is 0 Å². The molecule has 3 saturated heterocycles. The molecule has 3 aliphatic heterocycles. The highest BCUT2D eigenvalue weighted by molar-refractivity contribution is 4.88. The van der Waals surface area contributed by atoms with E-state index in [0.717, 1.165) is 32.1 Å². The van der Waals surface area contributed by atoms with Crippen molar-refractivity contribution in [2.24, 2.45) is 0 Å². The Morgan fingerprint density at radius 1 is 1.00 bits per heavy atom. The van der Waals surface area contributed by atoms with E-state index < -0.39 is 0 Å². The summed E-state index contributed by atoms with van der Waals surface area (Å²) >= 11 is 0. The molecule has 0 radical (unpaired) electrons. The van der Waals surface area contributed by atoms with Gasteiger partial charge in [-0.25, -0.2) is 0 Å². The van der Waals surface area contributed by atoms with Gasteiger partial charge in [-0.05, 0) is 25.8 Å². The van der Waals surface area contributed by atoms with Gasteiger partial charge in [0.05, 0.1) is 13.2 Å². The summed E-state index contributed by atoms with van der Waals surface area (Å²) in [6, 6.07) is 0.821. The van der Waals surface area contributed by atoms with Crippen molar-refractivity contribution in [3.8, 4) is 0 Å². The first-order valence-corrected chi connectivity index (χ1v) is 5.90. The Labute approximate surface area is 85.4 Å². The summed E-state index contributed by atoms with van der Waals surface area (Å²) in [6.45, 7) is 4.06. The van der Waals surface area contributed by atoms with Crippen LogP contribution in [-0.2, 0) is 9.47 Å². The van der Waals surface area contributed by atoms with Gasteiger partial charge in [-0.2, -0.15) is 0 Å². The Kier molecular flexibility index (Phi) is 2.26. The van der Waals surface area contributed by atoms with Crippen molar-refractivity contribution >= 4 is 0 Å². The lowest BCUT2D eigenvalue weighted by molar-refractivity contribution is -0.164. The van der Waals surface area contributed by atoms with E-state index in [4.69, 9.17) is 9.47 Å². The number of ether oxygens (including phenoxy) is 2. The van der Waals surface area contributed by atoms with Crippen molar-refractivity contribution in [3.63, 3.8) is 0 Å². The van der Waals surface area contributed by atoms with E-state index in [2.05, 4.69) is 4.90 Å². The van der Waals surface area contributed by atoms with Crippen molar-refractivity contribution in [1.29, 1.82) is 0 Å². The highest BCUT2D eigenvalue weighted by atomic mass is 16.7. The summed E-state index contributed by atoms with van der Waals surface area (Å²) in [7, 11) is 0. The molecule has 80 valence electrons. The lowest BCUT2D eigenvalue weighted by Crippen LogP contribution is -2.32. The molecule has 3 nitrogen and oxygen atoms in total. The highest BCUT2D eigenvalue weighted by Gasteiger charge is 2.41. The zero-order valence-corrected chi connectivity index (χ0v) is 8.71. The quantitative estimate of drug-likeness (QED) is 0.585. The van der Waals surface area contributed by atoms with Crippen LogP contribution in [-0.4, -0.2) is 43.0 Å². The zero-order valence-electron chi connectivity index (χ0n) is 8.71. The number of hydrogen-bond donors (Lipinski definition) is 0. The van der Waals surface area contributed by atoms with E-state index in [1.165, 1.54) is 32.4 Å². The largest absolute Gasteiger partial charge is 0.347 e.